The predicted octanol–water partition coefficient (Wildman–Crippen LogP) is 3.48. The number of rotatable bonds is 5. The fourth-order valence-corrected chi connectivity index (χ4v) is 4.78. The van der Waals surface area contributed by atoms with Crippen molar-refractivity contribution in [1.82, 2.24) is 24.0 Å². The van der Waals surface area contributed by atoms with Crippen LogP contribution >= 0.6 is 0 Å². The van der Waals surface area contributed by atoms with E-state index >= 15 is 0 Å². The number of carbonyl (C=O) groups excluding carboxylic acids is 1. The number of piperidine rings is 1. The molecular weight excluding hydrogens is 541 g/mol. The lowest BCUT2D eigenvalue weighted by atomic mass is 10.1. The van der Waals surface area contributed by atoms with Gasteiger partial charge in [-0.05, 0) is 58.2 Å². The third-order valence-electron chi connectivity index (χ3n) is 6.67. The van der Waals surface area contributed by atoms with Crippen molar-refractivity contribution in [3.8, 4) is 11.8 Å². The quantitative estimate of drug-likeness (QED) is 0.468. The van der Waals surface area contributed by atoms with E-state index in [-0.39, 0.29) is 30.3 Å². The molecule has 0 unspecified atom stereocenters. The van der Waals surface area contributed by atoms with Gasteiger partial charge < -0.3 is 15.0 Å². The predicted molar refractivity (Wildman–Crippen MR) is 148 cm³/mol. The molecule has 1 N–H and O–H groups in total. The number of aromatic nitrogens is 4. The molecule has 1 saturated heterocycles. The molecule has 0 spiro atoms. The smallest absolute Gasteiger partial charge is 0.416 e. The lowest BCUT2D eigenvalue weighted by Gasteiger charge is -2.34. The summed E-state index contributed by atoms with van der Waals surface area (Å²) in [5, 5.41) is 2.89. The lowest BCUT2D eigenvalue weighted by Crippen LogP contribution is -2.49. The average molecular weight is 575 g/mol. The zero-order chi connectivity index (χ0) is 30.1. The molecular formula is C28H33F3N6O4. The maximum atomic E-state index is 13.7. The highest BCUT2D eigenvalue weighted by Crippen LogP contribution is 2.29. The van der Waals surface area contributed by atoms with E-state index < -0.39 is 34.7 Å². The normalized spacial score (nSPS) is 15.9. The summed E-state index contributed by atoms with van der Waals surface area (Å²) in [5.74, 6) is 6.20. The molecule has 13 heteroatoms. The van der Waals surface area contributed by atoms with Crippen LogP contribution in [-0.2, 0) is 31.1 Å². The van der Waals surface area contributed by atoms with Crippen molar-refractivity contribution in [1.29, 1.82) is 0 Å². The molecule has 2 aromatic heterocycles. The van der Waals surface area contributed by atoms with E-state index in [0.717, 1.165) is 29.5 Å². The second-order valence-corrected chi connectivity index (χ2v) is 11.0. The molecule has 4 rings (SSSR count). The second-order valence-electron chi connectivity index (χ2n) is 11.0. The Bertz CT molecular complexity index is 1620. The van der Waals surface area contributed by atoms with Crippen molar-refractivity contribution >= 4 is 23.2 Å². The minimum absolute atomic E-state index is 0.122. The number of fused-ring (bicyclic) bond motifs is 1. The van der Waals surface area contributed by atoms with Gasteiger partial charge in [0.15, 0.2) is 11.2 Å². The summed E-state index contributed by atoms with van der Waals surface area (Å²) in [6.45, 7) is 7.92. The van der Waals surface area contributed by atoms with Gasteiger partial charge in [0.05, 0.1) is 18.7 Å². The summed E-state index contributed by atoms with van der Waals surface area (Å²) in [6.07, 6.45) is -3.56. The highest BCUT2D eigenvalue weighted by Gasteiger charge is 2.31. The van der Waals surface area contributed by atoms with Crippen LogP contribution in [0, 0.1) is 11.8 Å². The van der Waals surface area contributed by atoms with Crippen LogP contribution in [0.2, 0.25) is 0 Å². The Labute approximate surface area is 234 Å². The highest BCUT2D eigenvalue weighted by atomic mass is 19.4. The summed E-state index contributed by atoms with van der Waals surface area (Å²) < 4.78 is 48.3. The molecule has 0 saturated carbocycles. The first-order valence-electron chi connectivity index (χ1n) is 13.2. The van der Waals surface area contributed by atoms with Gasteiger partial charge in [-0.15, -0.1) is 5.92 Å². The number of alkyl halides is 3. The van der Waals surface area contributed by atoms with Gasteiger partial charge in [-0.25, -0.2) is 9.59 Å². The molecule has 1 atom stereocenters. The van der Waals surface area contributed by atoms with Gasteiger partial charge in [0.2, 0.25) is 5.95 Å². The Morgan fingerprint density at radius 2 is 1.83 bits per heavy atom. The Balaban J connectivity index is 1.73. The van der Waals surface area contributed by atoms with E-state index in [2.05, 4.69) is 22.1 Å². The molecule has 41 heavy (non-hydrogen) atoms. The Kier molecular flexibility index (Phi) is 8.24. The summed E-state index contributed by atoms with van der Waals surface area (Å²) in [7, 11) is 1.49. The molecule has 1 aromatic carbocycles. The van der Waals surface area contributed by atoms with Crippen molar-refractivity contribution in [2.45, 2.75) is 71.4 Å². The van der Waals surface area contributed by atoms with Crippen molar-refractivity contribution in [3.05, 3.63) is 56.2 Å². The van der Waals surface area contributed by atoms with E-state index in [1.54, 1.807) is 32.3 Å². The van der Waals surface area contributed by atoms with Crippen LogP contribution in [0.5, 0.6) is 0 Å². The van der Waals surface area contributed by atoms with Crippen LogP contribution < -0.4 is 21.5 Å². The molecule has 3 heterocycles. The molecule has 220 valence electrons. The summed E-state index contributed by atoms with van der Waals surface area (Å²) >= 11 is 0. The van der Waals surface area contributed by atoms with Crippen LogP contribution in [0.3, 0.4) is 0 Å². The molecule has 0 radical (unpaired) electrons. The van der Waals surface area contributed by atoms with Gasteiger partial charge in [0, 0.05) is 26.2 Å². The first kappa shape index (κ1) is 29.8. The number of nitrogens with zero attached hydrogens (tertiary/aromatic N) is 5. The lowest BCUT2D eigenvalue weighted by molar-refractivity contribution is -0.137. The van der Waals surface area contributed by atoms with Crippen LogP contribution in [0.1, 0.15) is 51.7 Å². The molecule has 1 amide bonds. The Morgan fingerprint density at radius 1 is 1.15 bits per heavy atom. The van der Waals surface area contributed by atoms with E-state index in [9.17, 15) is 27.6 Å². The van der Waals surface area contributed by atoms with Crippen LogP contribution in [-0.4, -0.2) is 49.5 Å². The first-order chi connectivity index (χ1) is 19.2. The van der Waals surface area contributed by atoms with Crippen molar-refractivity contribution < 1.29 is 22.7 Å². The van der Waals surface area contributed by atoms with Crippen molar-refractivity contribution in [3.63, 3.8) is 0 Å². The number of alkyl carbamates (subject to hydrolysis) is 1. The zero-order valence-corrected chi connectivity index (χ0v) is 23.6. The number of carbonyl (C=O) groups is 1. The van der Waals surface area contributed by atoms with Gasteiger partial charge in [-0.3, -0.25) is 18.5 Å². The summed E-state index contributed by atoms with van der Waals surface area (Å²) in [6, 6.07) is 4.09. The average Bonchev–Trinajstić information content (AvgIpc) is 3.27. The minimum Gasteiger partial charge on any atom is -0.444 e. The third-order valence-corrected chi connectivity index (χ3v) is 6.67. The fraction of sp³-hybridized carbons (Fsp3) is 0.500. The van der Waals surface area contributed by atoms with E-state index in [1.165, 1.54) is 23.7 Å². The molecule has 1 fully saturated rings. The SMILES string of the molecule is CC#CCn1c(N2CCC[C@@H](NC(=O)OC(C)(C)C)C2)nc2c1c(=O)n(Cc1ccc(C(F)(F)F)cc1)c(=O)n2C. The number of halogens is 3. The number of benzene rings is 1. The maximum absolute atomic E-state index is 13.7. The van der Waals surface area contributed by atoms with Gasteiger partial charge in [0.1, 0.15) is 5.60 Å². The Morgan fingerprint density at radius 3 is 2.44 bits per heavy atom. The summed E-state index contributed by atoms with van der Waals surface area (Å²) in [4.78, 5) is 45.9. The number of amides is 1. The number of hydrogen-bond donors (Lipinski definition) is 1. The van der Waals surface area contributed by atoms with Crippen LogP contribution in [0.15, 0.2) is 33.9 Å². The van der Waals surface area contributed by atoms with Gasteiger partial charge in [0.25, 0.3) is 5.56 Å². The van der Waals surface area contributed by atoms with E-state index in [1.807, 2.05) is 4.90 Å². The largest absolute Gasteiger partial charge is 0.444 e. The topological polar surface area (TPSA) is 103 Å². The van der Waals surface area contributed by atoms with Crippen molar-refractivity contribution in [2.75, 3.05) is 18.0 Å². The molecule has 0 bridgehead atoms. The number of imidazole rings is 1. The van der Waals surface area contributed by atoms with Crippen molar-refractivity contribution in [2.24, 2.45) is 7.05 Å². The second kappa shape index (κ2) is 11.3. The van der Waals surface area contributed by atoms with Crippen LogP contribution in [0.4, 0.5) is 23.9 Å². The van der Waals surface area contributed by atoms with Gasteiger partial charge in [-0.1, -0.05) is 18.1 Å². The third kappa shape index (κ3) is 6.58. The number of anilines is 1. The maximum Gasteiger partial charge on any atom is 0.416 e. The molecule has 3 aromatic rings. The van der Waals surface area contributed by atoms with Gasteiger partial charge in [-0.2, -0.15) is 18.2 Å². The summed E-state index contributed by atoms with van der Waals surface area (Å²) in [5.41, 5.74) is -2.06. The monoisotopic (exact) mass is 574 g/mol. The minimum atomic E-state index is -4.50. The number of aryl methyl sites for hydroxylation is 1. The molecule has 10 nitrogen and oxygen atoms in total. The standard InChI is InChI=1S/C28H33F3N6O4/c1-6-7-15-36-21-22(33-24(36)35-14-8-9-20(17-35)32-25(39)41-27(2,3)4)34(5)26(40)37(23(21)38)16-18-10-12-19(13-11-18)28(29,30)31/h10-13,20H,8-9,14-17H2,1-5H3,(H,32,39)/t20-/m1/s1. The fourth-order valence-electron chi connectivity index (χ4n) is 4.78. The Hall–Kier alpha value is -4.21. The highest BCUT2D eigenvalue weighted by molar-refractivity contribution is 5.75. The van der Waals surface area contributed by atoms with Gasteiger partial charge >= 0.3 is 18.0 Å². The number of nitrogens with one attached hydrogen (secondary N) is 1. The molecule has 0 aliphatic carbocycles. The van der Waals surface area contributed by atoms with Crippen LogP contribution in [0.25, 0.3) is 11.2 Å². The number of hydrogen-bond acceptors (Lipinski definition) is 6. The molecule has 1 aliphatic rings. The zero-order valence-electron chi connectivity index (χ0n) is 23.6. The van der Waals surface area contributed by atoms with E-state index in [0.29, 0.717) is 24.6 Å². The molecule has 1 aliphatic heterocycles. The van der Waals surface area contributed by atoms with E-state index in [4.69, 9.17) is 4.74 Å². The first-order valence-corrected chi connectivity index (χ1v) is 13.2. The number of ether oxygens (including phenoxy) is 1.